The number of rotatable bonds is 8. The van der Waals surface area contributed by atoms with Crippen LogP contribution in [0.5, 0.6) is 11.5 Å². The third-order valence-corrected chi connectivity index (χ3v) is 4.29. The van der Waals surface area contributed by atoms with Gasteiger partial charge in [0.1, 0.15) is 0 Å². The Morgan fingerprint density at radius 1 is 1.24 bits per heavy atom. The third kappa shape index (κ3) is 5.01. The zero-order valence-corrected chi connectivity index (χ0v) is 14.4. The molecule has 1 heterocycles. The number of benzene rings is 1. The molecule has 0 atom stereocenters. The number of methoxy groups -OCH3 is 1. The molecule has 0 bridgehead atoms. The number of hydrogen-bond donors (Lipinski definition) is 1. The number of nitro benzene ring substituents is 1. The summed E-state index contributed by atoms with van der Waals surface area (Å²) in [5, 5.41) is 13.5. The second-order valence-corrected chi connectivity index (χ2v) is 6.15. The number of nitro groups is 1. The molecule has 0 spiro atoms. The summed E-state index contributed by atoms with van der Waals surface area (Å²) in [6.07, 6.45) is 0. The molecule has 0 saturated carbocycles. The summed E-state index contributed by atoms with van der Waals surface area (Å²) in [5.74, 6) is 0.00557. The Balaban J connectivity index is 2.03. The van der Waals surface area contributed by atoms with Gasteiger partial charge in [-0.3, -0.25) is 19.7 Å². The molecular formula is C16H16N2O6S. The van der Waals surface area contributed by atoms with Gasteiger partial charge in [-0.1, -0.05) is 0 Å². The van der Waals surface area contributed by atoms with Crippen LogP contribution in [0.25, 0.3) is 0 Å². The second-order valence-electron chi connectivity index (χ2n) is 4.98. The first-order valence-corrected chi connectivity index (χ1v) is 8.04. The molecule has 0 aliphatic heterocycles. The van der Waals surface area contributed by atoms with E-state index in [1.54, 1.807) is 12.1 Å². The van der Waals surface area contributed by atoms with E-state index >= 15 is 0 Å². The minimum Gasteiger partial charge on any atom is -0.493 e. The Morgan fingerprint density at radius 2 is 2.00 bits per heavy atom. The molecule has 0 radical (unpaired) electrons. The molecule has 0 fully saturated rings. The molecule has 1 aromatic heterocycles. The van der Waals surface area contributed by atoms with Gasteiger partial charge >= 0.3 is 0 Å². The van der Waals surface area contributed by atoms with Gasteiger partial charge in [0, 0.05) is 17.9 Å². The zero-order valence-electron chi connectivity index (χ0n) is 13.6. The number of ether oxygens (including phenoxy) is 2. The van der Waals surface area contributed by atoms with Crippen molar-refractivity contribution in [2.24, 2.45) is 0 Å². The number of nitrogens with one attached hydrogen (secondary N) is 1. The molecule has 132 valence electrons. The highest BCUT2D eigenvalue weighted by Gasteiger charge is 2.15. The molecular weight excluding hydrogens is 348 g/mol. The maximum atomic E-state index is 12.2. The van der Waals surface area contributed by atoms with Crippen molar-refractivity contribution < 1.29 is 24.0 Å². The van der Waals surface area contributed by atoms with Crippen LogP contribution in [0.2, 0.25) is 0 Å². The molecule has 9 heteroatoms. The Morgan fingerprint density at radius 3 is 2.64 bits per heavy atom. The maximum absolute atomic E-state index is 12.2. The quantitative estimate of drug-likeness (QED) is 0.438. The molecule has 0 aliphatic carbocycles. The summed E-state index contributed by atoms with van der Waals surface area (Å²) in [7, 11) is 1.41. The highest BCUT2D eigenvalue weighted by atomic mass is 32.1. The van der Waals surface area contributed by atoms with Crippen molar-refractivity contribution in [1.29, 1.82) is 0 Å². The largest absolute Gasteiger partial charge is 0.493 e. The fraction of sp³-hybridized carbons (Fsp3) is 0.250. The molecule has 1 amide bonds. The summed E-state index contributed by atoms with van der Waals surface area (Å²) < 4.78 is 10.5. The van der Waals surface area contributed by atoms with Crippen molar-refractivity contribution in [3.05, 3.63) is 50.2 Å². The van der Waals surface area contributed by atoms with Crippen molar-refractivity contribution in [2.75, 3.05) is 13.7 Å². The van der Waals surface area contributed by atoms with Gasteiger partial charge in [-0.25, -0.2) is 0 Å². The number of amides is 1. The van der Waals surface area contributed by atoms with Gasteiger partial charge in [0.2, 0.25) is 11.7 Å². The molecule has 2 rings (SSSR count). The number of non-ortho nitro benzene ring substituents is 1. The number of Topliss-reactive ketones (excluding diaryl/α,β-unsaturated/α-hetero) is 1. The Labute approximate surface area is 147 Å². The van der Waals surface area contributed by atoms with Crippen LogP contribution in [0.1, 0.15) is 21.5 Å². The first kappa shape index (κ1) is 18.4. The van der Waals surface area contributed by atoms with E-state index in [9.17, 15) is 19.7 Å². The second kappa shape index (κ2) is 8.25. The summed E-state index contributed by atoms with van der Waals surface area (Å²) in [6, 6.07) is 7.32. The van der Waals surface area contributed by atoms with Gasteiger partial charge in [0.15, 0.2) is 18.1 Å². The molecule has 25 heavy (non-hydrogen) atoms. The molecule has 0 aliphatic rings. The van der Waals surface area contributed by atoms with E-state index in [1.165, 1.54) is 43.6 Å². The molecule has 1 N–H and O–H groups in total. The number of thiophene rings is 1. The van der Waals surface area contributed by atoms with E-state index in [2.05, 4.69) is 5.32 Å². The molecule has 2 aromatic rings. The lowest BCUT2D eigenvalue weighted by Crippen LogP contribution is -2.18. The van der Waals surface area contributed by atoms with Gasteiger partial charge in [-0.15, -0.1) is 11.3 Å². The lowest BCUT2D eigenvalue weighted by Gasteiger charge is -2.09. The fourth-order valence-corrected chi connectivity index (χ4v) is 2.81. The van der Waals surface area contributed by atoms with E-state index in [0.29, 0.717) is 17.2 Å². The third-order valence-electron chi connectivity index (χ3n) is 3.16. The van der Waals surface area contributed by atoms with E-state index in [0.717, 1.165) is 4.88 Å². The molecule has 1 aromatic carbocycles. The summed E-state index contributed by atoms with van der Waals surface area (Å²) in [6.45, 7) is 1.49. The van der Waals surface area contributed by atoms with Crippen molar-refractivity contribution >= 4 is 28.7 Å². The predicted molar refractivity (Wildman–Crippen MR) is 91.3 cm³/mol. The number of ketones is 1. The van der Waals surface area contributed by atoms with Crippen molar-refractivity contribution in [3.63, 3.8) is 0 Å². The monoisotopic (exact) mass is 364 g/mol. The number of carbonyl (C=O) groups excluding carboxylic acids is 2. The van der Waals surface area contributed by atoms with E-state index < -0.39 is 4.92 Å². The molecule has 0 saturated heterocycles. The first-order chi connectivity index (χ1) is 11.9. The van der Waals surface area contributed by atoms with E-state index in [1.807, 2.05) is 0 Å². The minimum absolute atomic E-state index is 0.125. The van der Waals surface area contributed by atoms with Crippen LogP contribution in [-0.2, 0) is 11.3 Å². The van der Waals surface area contributed by atoms with Gasteiger partial charge in [0.05, 0.1) is 29.5 Å². The Hall–Kier alpha value is -2.94. The minimum atomic E-state index is -0.554. The Kier molecular flexibility index (Phi) is 6.07. The summed E-state index contributed by atoms with van der Waals surface area (Å²) >= 11 is 1.25. The van der Waals surface area contributed by atoms with E-state index in [-0.39, 0.29) is 29.7 Å². The van der Waals surface area contributed by atoms with Crippen molar-refractivity contribution in [2.45, 2.75) is 13.5 Å². The number of hydrogen-bond acceptors (Lipinski definition) is 7. The van der Waals surface area contributed by atoms with Gasteiger partial charge in [-0.05, 0) is 18.2 Å². The van der Waals surface area contributed by atoms with Gasteiger partial charge in [-0.2, -0.15) is 0 Å². The highest BCUT2D eigenvalue weighted by molar-refractivity contribution is 7.14. The lowest BCUT2D eigenvalue weighted by molar-refractivity contribution is -0.385. The van der Waals surface area contributed by atoms with Crippen LogP contribution >= 0.6 is 11.3 Å². The van der Waals surface area contributed by atoms with Crippen LogP contribution in [0.15, 0.2) is 30.3 Å². The van der Waals surface area contributed by atoms with Crippen LogP contribution in [-0.4, -0.2) is 30.3 Å². The van der Waals surface area contributed by atoms with Gasteiger partial charge < -0.3 is 14.8 Å². The van der Waals surface area contributed by atoms with Crippen LogP contribution in [0.3, 0.4) is 0 Å². The predicted octanol–water partition coefficient (Wildman–Crippen LogP) is 2.56. The fourth-order valence-electron chi connectivity index (χ4n) is 1.94. The van der Waals surface area contributed by atoms with Crippen molar-refractivity contribution in [1.82, 2.24) is 5.32 Å². The topological polar surface area (TPSA) is 108 Å². The van der Waals surface area contributed by atoms with Crippen LogP contribution < -0.4 is 14.8 Å². The lowest BCUT2D eigenvalue weighted by atomic mass is 10.2. The number of carbonyl (C=O) groups is 2. The normalized spacial score (nSPS) is 10.2. The standard InChI is InChI=1S/C16H16N2O6S/c1-10(19)17-8-12-4-6-16(25-12)13(20)9-24-15-7-11(18(21)22)3-5-14(15)23-2/h3-7H,8-9H2,1-2H3,(H,17,19). The van der Waals surface area contributed by atoms with Crippen LogP contribution in [0.4, 0.5) is 5.69 Å². The Bertz CT molecular complexity index is 802. The SMILES string of the molecule is COc1ccc([N+](=O)[O-])cc1OCC(=O)c1ccc(CNC(C)=O)s1. The molecule has 8 nitrogen and oxygen atoms in total. The highest BCUT2D eigenvalue weighted by Crippen LogP contribution is 2.31. The summed E-state index contributed by atoms with van der Waals surface area (Å²) in [5.41, 5.74) is -0.156. The smallest absolute Gasteiger partial charge is 0.273 e. The zero-order chi connectivity index (χ0) is 18.4. The van der Waals surface area contributed by atoms with Crippen molar-refractivity contribution in [3.8, 4) is 11.5 Å². The average Bonchev–Trinajstić information content (AvgIpc) is 3.06. The summed E-state index contributed by atoms with van der Waals surface area (Å²) in [4.78, 5) is 34.7. The maximum Gasteiger partial charge on any atom is 0.273 e. The molecule has 0 unspecified atom stereocenters. The number of nitrogens with zero attached hydrogens (tertiary/aromatic N) is 1. The van der Waals surface area contributed by atoms with Crippen LogP contribution in [0, 0.1) is 10.1 Å². The van der Waals surface area contributed by atoms with Gasteiger partial charge in [0.25, 0.3) is 5.69 Å². The average molecular weight is 364 g/mol. The van der Waals surface area contributed by atoms with E-state index in [4.69, 9.17) is 9.47 Å². The first-order valence-electron chi connectivity index (χ1n) is 7.22.